The summed E-state index contributed by atoms with van der Waals surface area (Å²) < 4.78 is 5.50. The summed E-state index contributed by atoms with van der Waals surface area (Å²) in [5.74, 6) is 3.64. The molecule has 2 aromatic rings. The Labute approximate surface area is 168 Å². The highest BCUT2D eigenvalue weighted by Gasteiger charge is 2.32. The van der Waals surface area contributed by atoms with Crippen LogP contribution in [0.15, 0.2) is 30.0 Å². The monoisotopic (exact) mass is 382 g/mol. The molecule has 0 amide bonds. The van der Waals surface area contributed by atoms with Crippen LogP contribution in [0.2, 0.25) is 0 Å². The minimum Gasteiger partial charge on any atom is -0.381 e. The molecule has 152 valence electrons. The fourth-order valence-corrected chi connectivity index (χ4v) is 4.94. The standard InChI is InChI=1S/C23H34N4O/c1-15(2)20-12-17(13-22-26-21-5-4-8-24-23(21)27-22)16(3)11-18(20)14-25-19-6-9-28-10-7-19/h4-5,8,11,15,17-20,25H,6-7,9-10,12-14H2,1-3H3,(H,24,26,27)/t17-,18-,20-/m0/s1. The third-order valence-corrected chi connectivity index (χ3v) is 6.69. The number of rotatable bonds is 6. The summed E-state index contributed by atoms with van der Waals surface area (Å²) >= 11 is 0. The third kappa shape index (κ3) is 4.47. The molecule has 1 saturated heterocycles. The fraction of sp³-hybridized carbons (Fsp3) is 0.652. The SMILES string of the molecule is CC1=C[C@@H](CNC2CCOCC2)[C@H](C(C)C)C[C@H]1Cc1nc2ncccc2[nH]1. The van der Waals surface area contributed by atoms with Crippen molar-refractivity contribution in [2.24, 2.45) is 23.7 Å². The number of ether oxygens (including phenoxy) is 1. The van der Waals surface area contributed by atoms with Crippen molar-refractivity contribution in [3.63, 3.8) is 0 Å². The maximum Gasteiger partial charge on any atom is 0.177 e. The Morgan fingerprint density at radius 3 is 2.86 bits per heavy atom. The van der Waals surface area contributed by atoms with Gasteiger partial charge in [0.15, 0.2) is 5.65 Å². The summed E-state index contributed by atoms with van der Waals surface area (Å²) in [6.07, 6.45) is 8.86. The van der Waals surface area contributed by atoms with Crippen molar-refractivity contribution in [2.45, 2.75) is 52.5 Å². The molecule has 2 aliphatic rings. The smallest absolute Gasteiger partial charge is 0.177 e. The zero-order chi connectivity index (χ0) is 19.5. The predicted molar refractivity (Wildman–Crippen MR) is 113 cm³/mol. The van der Waals surface area contributed by atoms with Crippen LogP contribution >= 0.6 is 0 Å². The van der Waals surface area contributed by atoms with E-state index in [1.165, 1.54) is 12.0 Å². The Balaban J connectivity index is 1.44. The van der Waals surface area contributed by atoms with E-state index in [4.69, 9.17) is 9.72 Å². The number of fused-ring (bicyclic) bond motifs is 1. The van der Waals surface area contributed by atoms with E-state index in [0.717, 1.165) is 56.0 Å². The molecule has 0 saturated carbocycles. The number of nitrogens with one attached hydrogen (secondary N) is 2. The van der Waals surface area contributed by atoms with E-state index in [2.05, 4.69) is 48.2 Å². The highest BCUT2D eigenvalue weighted by Crippen LogP contribution is 2.38. The first-order valence-corrected chi connectivity index (χ1v) is 10.9. The number of hydrogen-bond acceptors (Lipinski definition) is 4. The molecule has 1 aliphatic carbocycles. The van der Waals surface area contributed by atoms with Crippen molar-refractivity contribution in [3.8, 4) is 0 Å². The number of H-pyrrole nitrogens is 1. The normalized spacial score (nSPS) is 26.7. The quantitative estimate of drug-likeness (QED) is 0.738. The summed E-state index contributed by atoms with van der Waals surface area (Å²) in [5.41, 5.74) is 3.38. The van der Waals surface area contributed by atoms with Crippen LogP contribution in [0.25, 0.3) is 11.2 Å². The number of allylic oxidation sites excluding steroid dienone is 1. The zero-order valence-electron chi connectivity index (χ0n) is 17.4. The van der Waals surface area contributed by atoms with Crippen molar-refractivity contribution >= 4 is 11.2 Å². The van der Waals surface area contributed by atoms with Gasteiger partial charge in [0.25, 0.3) is 0 Å². The summed E-state index contributed by atoms with van der Waals surface area (Å²) in [5, 5.41) is 3.83. The average molecular weight is 383 g/mol. The molecule has 28 heavy (non-hydrogen) atoms. The van der Waals surface area contributed by atoms with Gasteiger partial charge >= 0.3 is 0 Å². The Morgan fingerprint density at radius 2 is 2.11 bits per heavy atom. The molecule has 0 aromatic carbocycles. The van der Waals surface area contributed by atoms with Crippen LogP contribution in [0.4, 0.5) is 0 Å². The Hall–Kier alpha value is -1.72. The average Bonchev–Trinajstić information content (AvgIpc) is 3.11. The van der Waals surface area contributed by atoms with Crippen molar-refractivity contribution in [1.82, 2.24) is 20.3 Å². The van der Waals surface area contributed by atoms with Gasteiger partial charge in [-0.05, 0) is 62.0 Å². The topological polar surface area (TPSA) is 62.8 Å². The molecule has 1 aliphatic heterocycles. The minimum absolute atomic E-state index is 0.562. The van der Waals surface area contributed by atoms with E-state index < -0.39 is 0 Å². The lowest BCUT2D eigenvalue weighted by atomic mass is 9.69. The van der Waals surface area contributed by atoms with Gasteiger partial charge < -0.3 is 15.0 Å². The first kappa shape index (κ1) is 19.6. The number of pyridine rings is 1. The zero-order valence-corrected chi connectivity index (χ0v) is 17.4. The van der Waals surface area contributed by atoms with Gasteiger partial charge in [0.1, 0.15) is 5.82 Å². The van der Waals surface area contributed by atoms with Crippen LogP contribution in [0.1, 0.15) is 45.9 Å². The molecule has 2 aromatic heterocycles. The summed E-state index contributed by atoms with van der Waals surface area (Å²) in [7, 11) is 0. The maximum absolute atomic E-state index is 5.50. The highest BCUT2D eigenvalue weighted by atomic mass is 16.5. The number of hydrogen-bond donors (Lipinski definition) is 2. The maximum atomic E-state index is 5.50. The van der Waals surface area contributed by atoms with Crippen molar-refractivity contribution in [1.29, 1.82) is 0 Å². The molecule has 2 N–H and O–H groups in total. The van der Waals surface area contributed by atoms with Gasteiger partial charge in [-0.3, -0.25) is 0 Å². The summed E-state index contributed by atoms with van der Waals surface area (Å²) in [4.78, 5) is 12.5. The van der Waals surface area contributed by atoms with Crippen molar-refractivity contribution < 1.29 is 4.74 Å². The van der Waals surface area contributed by atoms with Gasteiger partial charge in [0.2, 0.25) is 0 Å². The van der Waals surface area contributed by atoms with Crippen molar-refractivity contribution in [2.75, 3.05) is 19.8 Å². The Morgan fingerprint density at radius 1 is 1.29 bits per heavy atom. The molecule has 0 bridgehead atoms. The second-order valence-electron chi connectivity index (χ2n) is 8.97. The number of aromatic nitrogens is 3. The van der Waals surface area contributed by atoms with Crippen LogP contribution in [-0.2, 0) is 11.2 Å². The van der Waals surface area contributed by atoms with E-state index in [1.54, 1.807) is 0 Å². The predicted octanol–water partition coefficient (Wildman–Crippen LogP) is 4.12. The molecule has 0 spiro atoms. The molecule has 5 heteroatoms. The van der Waals surface area contributed by atoms with Crippen LogP contribution < -0.4 is 5.32 Å². The van der Waals surface area contributed by atoms with E-state index in [9.17, 15) is 0 Å². The van der Waals surface area contributed by atoms with Gasteiger partial charge in [0, 0.05) is 38.4 Å². The lowest BCUT2D eigenvalue weighted by molar-refractivity contribution is 0.0757. The fourth-order valence-electron chi connectivity index (χ4n) is 4.94. The van der Waals surface area contributed by atoms with E-state index >= 15 is 0 Å². The van der Waals surface area contributed by atoms with Gasteiger partial charge in [-0.1, -0.05) is 25.5 Å². The lowest BCUT2D eigenvalue weighted by Crippen LogP contribution is -2.41. The Bertz CT molecular complexity index is 773. The molecule has 0 unspecified atom stereocenters. The summed E-state index contributed by atoms with van der Waals surface area (Å²) in [6, 6.07) is 4.63. The molecule has 5 nitrogen and oxygen atoms in total. The van der Waals surface area contributed by atoms with Gasteiger partial charge in [-0.2, -0.15) is 0 Å². The molecule has 0 radical (unpaired) electrons. The van der Waals surface area contributed by atoms with Gasteiger partial charge in [0.05, 0.1) is 5.52 Å². The first-order valence-electron chi connectivity index (χ1n) is 10.9. The molecule has 1 fully saturated rings. The molecular weight excluding hydrogens is 348 g/mol. The van der Waals surface area contributed by atoms with Crippen LogP contribution in [0, 0.1) is 23.7 Å². The van der Waals surface area contributed by atoms with Crippen LogP contribution in [0.5, 0.6) is 0 Å². The molecule has 3 atom stereocenters. The van der Waals surface area contributed by atoms with Gasteiger partial charge in [-0.25, -0.2) is 9.97 Å². The Kier molecular flexibility index (Phi) is 6.12. The molecule has 4 rings (SSSR count). The number of imidazole rings is 1. The third-order valence-electron chi connectivity index (χ3n) is 6.69. The largest absolute Gasteiger partial charge is 0.381 e. The van der Waals surface area contributed by atoms with Crippen LogP contribution in [-0.4, -0.2) is 40.8 Å². The highest BCUT2D eigenvalue weighted by molar-refractivity contribution is 5.69. The van der Waals surface area contributed by atoms with E-state index in [0.29, 0.717) is 29.7 Å². The lowest BCUT2D eigenvalue weighted by Gasteiger charge is -2.38. The molecule has 3 heterocycles. The minimum atomic E-state index is 0.562. The summed E-state index contributed by atoms with van der Waals surface area (Å²) in [6.45, 7) is 9.96. The van der Waals surface area contributed by atoms with Crippen LogP contribution in [0.3, 0.4) is 0 Å². The van der Waals surface area contributed by atoms with Crippen molar-refractivity contribution in [3.05, 3.63) is 35.8 Å². The van der Waals surface area contributed by atoms with E-state index in [1.807, 2.05) is 12.3 Å². The first-order chi connectivity index (χ1) is 13.6. The van der Waals surface area contributed by atoms with Gasteiger partial charge in [-0.15, -0.1) is 0 Å². The van der Waals surface area contributed by atoms with E-state index in [-0.39, 0.29) is 0 Å². The number of nitrogens with zero attached hydrogens (tertiary/aromatic N) is 2. The molecular formula is C23H34N4O. The number of aromatic amines is 1. The second-order valence-corrected chi connectivity index (χ2v) is 8.97. The second kappa shape index (κ2) is 8.75.